The van der Waals surface area contributed by atoms with Crippen LogP contribution in [0.4, 0.5) is 0 Å². The van der Waals surface area contributed by atoms with E-state index in [1.807, 2.05) is 35.2 Å². The van der Waals surface area contributed by atoms with Gasteiger partial charge in [-0.25, -0.2) is 4.98 Å². The van der Waals surface area contributed by atoms with Crippen molar-refractivity contribution in [2.45, 2.75) is 35.7 Å². The van der Waals surface area contributed by atoms with Crippen molar-refractivity contribution in [3.63, 3.8) is 0 Å². The smallest absolute Gasteiger partial charge is 0.272 e. The van der Waals surface area contributed by atoms with Crippen molar-refractivity contribution in [3.8, 4) is 5.69 Å². The third kappa shape index (κ3) is 5.04. The molecule has 5 nitrogen and oxygen atoms in total. The minimum atomic E-state index is -0.0228. The summed E-state index contributed by atoms with van der Waals surface area (Å²) in [5.41, 5.74) is 3.01. The molecule has 0 aliphatic carbocycles. The molecule has 0 radical (unpaired) electrons. The second-order valence-electron chi connectivity index (χ2n) is 8.55. The highest BCUT2D eigenvalue weighted by Gasteiger charge is 2.25. The number of para-hydroxylation sites is 1. The van der Waals surface area contributed by atoms with Crippen molar-refractivity contribution < 1.29 is 4.79 Å². The summed E-state index contributed by atoms with van der Waals surface area (Å²) < 4.78 is 1.67. The van der Waals surface area contributed by atoms with Crippen molar-refractivity contribution in [1.29, 1.82) is 0 Å². The fourth-order valence-corrected chi connectivity index (χ4v) is 6.50. The average molecular weight is 478 g/mol. The molecule has 3 heterocycles. The first-order valence-electron chi connectivity index (χ1n) is 11.5. The van der Waals surface area contributed by atoms with E-state index in [0.717, 1.165) is 60.8 Å². The number of amides is 1. The van der Waals surface area contributed by atoms with Gasteiger partial charge in [-0.2, -0.15) is 0 Å². The Hall–Kier alpha value is -2.51. The van der Waals surface area contributed by atoms with E-state index in [0.29, 0.717) is 16.8 Å². The third-order valence-corrected chi connectivity index (χ3v) is 8.37. The number of piperidine rings is 1. The molecular formula is C26H27N3O2S2. The number of hydrogen-bond acceptors (Lipinski definition) is 5. The van der Waals surface area contributed by atoms with Crippen LogP contribution in [0.2, 0.25) is 0 Å². The molecule has 2 aliphatic heterocycles. The molecule has 1 amide bonds. The average Bonchev–Trinajstić information content (AvgIpc) is 3.33. The van der Waals surface area contributed by atoms with Gasteiger partial charge in [0.2, 0.25) is 5.91 Å². The van der Waals surface area contributed by atoms with Gasteiger partial charge in [-0.1, -0.05) is 60.3 Å². The predicted molar refractivity (Wildman–Crippen MR) is 134 cm³/mol. The summed E-state index contributed by atoms with van der Waals surface area (Å²) in [5.74, 6) is 1.94. The molecule has 0 spiro atoms. The van der Waals surface area contributed by atoms with Crippen LogP contribution in [0.25, 0.3) is 5.69 Å². The minimum absolute atomic E-state index is 0.0228. The van der Waals surface area contributed by atoms with Gasteiger partial charge in [0, 0.05) is 25.3 Å². The summed E-state index contributed by atoms with van der Waals surface area (Å²) in [4.78, 5) is 33.7. The molecule has 3 aromatic rings. The van der Waals surface area contributed by atoms with Crippen LogP contribution in [-0.2, 0) is 17.6 Å². The zero-order valence-electron chi connectivity index (χ0n) is 18.5. The summed E-state index contributed by atoms with van der Waals surface area (Å²) in [6.07, 6.45) is 3.96. The highest BCUT2D eigenvalue weighted by Crippen LogP contribution is 2.30. The molecular weight excluding hydrogens is 450 g/mol. The van der Waals surface area contributed by atoms with Gasteiger partial charge in [0.15, 0.2) is 5.16 Å². The molecule has 0 unspecified atom stereocenters. The number of rotatable bonds is 6. The van der Waals surface area contributed by atoms with Crippen LogP contribution >= 0.6 is 23.5 Å². The Morgan fingerprint density at radius 2 is 1.73 bits per heavy atom. The molecule has 170 valence electrons. The van der Waals surface area contributed by atoms with Crippen LogP contribution in [0, 0.1) is 5.92 Å². The minimum Gasteiger partial charge on any atom is -0.342 e. The molecule has 0 bridgehead atoms. The lowest BCUT2D eigenvalue weighted by molar-refractivity contribution is -0.129. The maximum Gasteiger partial charge on any atom is 0.272 e. The van der Waals surface area contributed by atoms with Crippen LogP contribution in [0.1, 0.15) is 24.1 Å². The van der Waals surface area contributed by atoms with Crippen LogP contribution in [0.3, 0.4) is 0 Å². The van der Waals surface area contributed by atoms with Gasteiger partial charge in [-0.3, -0.25) is 14.2 Å². The zero-order chi connectivity index (χ0) is 22.6. The Labute approximate surface area is 202 Å². The number of carbonyl (C=O) groups is 1. The number of likely N-dealkylation sites (tertiary alicyclic amines) is 1. The van der Waals surface area contributed by atoms with Crippen molar-refractivity contribution in [2.75, 3.05) is 24.6 Å². The Bertz CT molecular complexity index is 1170. The van der Waals surface area contributed by atoms with E-state index in [-0.39, 0.29) is 11.5 Å². The number of nitrogens with zero attached hydrogens (tertiary/aromatic N) is 3. The Morgan fingerprint density at radius 3 is 2.45 bits per heavy atom. The maximum atomic E-state index is 13.2. The first-order valence-corrected chi connectivity index (χ1v) is 13.4. The number of thioether (sulfide) groups is 2. The SMILES string of the molecule is O=C(CSc1nc2c(c(=O)n1-c1ccccc1)SCC2)N1CCC(Cc2ccccc2)CC1. The predicted octanol–water partition coefficient (Wildman–Crippen LogP) is 4.45. The van der Waals surface area contributed by atoms with Gasteiger partial charge in [-0.05, 0) is 42.9 Å². The summed E-state index contributed by atoms with van der Waals surface area (Å²) in [7, 11) is 0. The topological polar surface area (TPSA) is 55.2 Å². The molecule has 2 aliphatic rings. The van der Waals surface area contributed by atoms with E-state index >= 15 is 0 Å². The number of benzene rings is 2. The summed E-state index contributed by atoms with van der Waals surface area (Å²) in [6, 6.07) is 20.2. The van der Waals surface area contributed by atoms with Gasteiger partial charge in [0.1, 0.15) is 0 Å². The van der Waals surface area contributed by atoms with Crippen molar-refractivity contribution in [2.24, 2.45) is 5.92 Å². The fourth-order valence-electron chi connectivity index (χ4n) is 4.55. The largest absolute Gasteiger partial charge is 0.342 e. The quantitative estimate of drug-likeness (QED) is 0.388. The second-order valence-corrected chi connectivity index (χ2v) is 10.6. The number of fused-ring (bicyclic) bond motifs is 1. The van der Waals surface area contributed by atoms with E-state index in [4.69, 9.17) is 4.98 Å². The van der Waals surface area contributed by atoms with Crippen molar-refractivity contribution in [1.82, 2.24) is 14.5 Å². The highest BCUT2D eigenvalue weighted by molar-refractivity contribution is 8.00. The van der Waals surface area contributed by atoms with Gasteiger partial charge in [0.05, 0.1) is 22.0 Å². The second kappa shape index (κ2) is 10.2. The molecule has 33 heavy (non-hydrogen) atoms. The number of aromatic nitrogens is 2. The van der Waals surface area contributed by atoms with E-state index in [1.165, 1.54) is 17.3 Å². The van der Waals surface area contributed by atoms with E-state index in [1.54, 1.807) is 16.3 Å². The van der Waals surface area contributed by atoms with Crippen LogP contribution in [-0.4, -0.2) is 45.0 Å². The Balaban J connectivity index is 1.25. The molecule has 5 rings (SSSR count). The highest BCUT2D eigenvalue weighted by atomic mass is 32.2. The van der Waals surface area contributed by atoms with E-state index in [2.05, 4.69) is 30.3 Å². The Kier molecular flexibility index (Phi) is 6.88. The van der Waals surface area contributed by atoms with Crippen LogP contribution in [0.5, 0.6) is 0 Å². The lowest BCUT2D eigenvalue weighted by Gasteiger charge is -2.32. The first-order chi connectivity index (χ1) is 16.2. The monoisotopic (exact) mass is 477 g/mol. The van der Waals surface area contributed by atoms with E-state index in [9.17, 15) is 9.59 Å². The van der Waals surface area contributed by atoms with Crippen molar-refractivity contribution >= 4 is 29.4 Å². The first kappa shape index (κ1) is 22.3. The molecule has 7 heteroatoms. The third-order valence-electron chi connectivity index (χ3n) is 6.34. The molecule has 1 aromatic heterocycles. The standard InChI is InChI=1S/C26H27N3O2S2/c30-23(28-14-11-20(12-15-28)17-19-7-3-1-4-8-19)18-33-26-27-22-13-16-32-24(22)25(31)29(26)21-9-5-2-6-10-21/h1-10,20H,11-18H2. The number of hydrogen-bond donors (Lipinski definition) is 0. The van der Waals surface area contributed by atoms with E-state index < -0.39 is 0 Å². The molecule has 0 saturated carbocycles. The van der Waals surface area contributed by atoms with Crippen LogP contribution < -0.4 is 5.56 Å². The molecule has 1 fully saturated rings. The van der Waals surface area contributed by atoms with Gasteiger partial charge in [0.25, 0.3) is 5.56 Å². The number of carbonyl (C=O) groups excluding carboxylic acids is 1. The normalized spacial score (nSPS) is 16.1. The fraction of sp³-hybridized carbons (Fsp3) is 0.346. The number of aryl methyl sites for hydroxylation is 1. The zero-order valence-corrected chi connectivity index (χ0v) is 20.1. The molecule has 0 atom stereocenters. The van der Waals surface area contributed by atoms with Gasteiger partial charge >= 0.3 is 0 Å². The van der Waals surface area contributed by atoms with Gasteiger partial charge in [-0.15, -0.1) is 11.8 Å². The molecule has 2 aromatic carbocycles. The summed E-state index contributed by atoms with van der Waals surface area (Å²) in [5, 5.41) is 0.611. The van der Waals surface area contributed by atoms with Crippen molar-refractivity contribution in [3.05, 3.63) is 82.3 Å². The molecule has 1 saturated heterocycles. The molecule has 0 N–H and O–H groups in total. The lowest BCUT2D eigenvalue weighted by Crippen LogP contribution is -2.40. The maximum absolute atomic E-state index is 13.2. The summed E-state index contributed by atoms with van der Waals surface area (Å²) >= 11 is 2.96. The lowest BCUT2D eigenvalue weighted by atomic mass is 9.90. The van der Waals surface area contributed by atoms with Gasteiger partial charge < -0.3 is 4.90 Å². The Morgan fingerprint density at radius 1 is 1.03 bits per heavy atom. The van der Waals surface area contributed by atoms with Crippen LogP contribution in [0.15, 0.2) is 75.5 Å². The summed E-state index contributed by atoms with van der Waals surface area (Å²) in [6.45, 7) is 1.60.